The summed E-state index contributed by atoms with van der Waals surface area (Å²) in [6.07, 6.45) is 2.02. The first-order chi connectivity index (χ1) is 8.90. The van der Waals surface area contributed by atoms with Crippen molar-refractivity contribution in [2.75, 3.05) is 13.1 Å². The summed E-state index contributed by atoms with van der Waals surface area (Å²) < 4.78 is 27.6. The molecule has 1 atom stereocenters. The minimum atomic E-state index is -3.70. The van der Waals surface area contributed by atoms with Gasteiger partial charge >= 0.3 is 0 Å². The number of rotatable bonds is 4. The highest BCUT2D eigenvalue weighted by atomic mass is 79.9. The molecule has 0 spiro atoms. The topological polar surface area (TPSA) is 58.2 Å². The normalized spacial score (nSPS) is 19.8. The third-order valence-corrected chi connectivity index (χ3v) is 5.72. The van der Waals surface area contributed by atoms with E-state index in [0.29, 0.717) is 11.0 Å². The van der Waals surface area contributed by atoms with Crippen molar-refractivity contribution < 1.29 is 8.42 Å². The molecule has 106 valence electrons. The average Bonchev–Trinajstić information content (AvgIpc) is 2.77. The summed E-state index contributed by atoms with van der Waals surface area (Å²) in [7, 11) is -3.70. The molecule has 4 nitrogen and oxygen atoms in total. The van der Waals surface area contributed by atoms with E-state index in [9.17, 15) is 8.42 Å². The Bertz CT molecular complexity index is 551. The fourth-order valence-electron chi connectivity index (χ4n) is 2.00. The van der Waals surface area contributed by atoms with Crippen LogP contribution in [-0.4, -0.2) is 27.5 Å². The van der Waals surface area contributed by atoms with Gasteiger partial charge in [-0.3, -0.25) is 0 Å². The SMILES string of the molecule is O=S(=O)(NCC1CCCN1)c1c(Cl)cc(Br)cc1Cl. The summed E-state index contributed by atoms with van der Waals surface area (Å²) in [6.45, 7) is 1.26. The van der Waals surface area contributed by atoms with Crippen LogP contribution < -0.4 is 10.0 Å². The van der Waals surface area contributed by atoms with E-state index in [0.717, 1.165) is 19.4 Å². The molecule has 8 heteroatoms. The molecule has 2 rings (SSSR count). The monoisotopic (exact) mass is 386 g/mol. The van der Waals surface area contributed by atoms with Crippen LogP contribution >= 0.6 is 39.1 Å². The third kappa shape index (κ3) is 3.83. The van der Waals surface area contributed by atoms with Gasteiger partial charge in [-0.15, -0.1) is 0 Å². The summed E-state index contributed by atoms with van der Waals surface area (Å²) in [5, 5.41) is 3.42. The molecule has 0 bridgehead atoms. The highest BCUT2D eigenvalue weighted by molar-refractivity contribution is 9.10. The van der Waals surface area contributed by atoms with Gasteiger partial charge in [0.2, 0.25) is 10.0 Å². The number of halogens is 3. The van der Waals surface area contributed by atoms with Crippen molar-refractivity contribution in [2.45, 2.75) is 23.8 Å². The van der Waals surface area contributed by atoms with E-state index < -0.39 is 10.0 Å². The van der Waals surface area contributed by atoms with Crippen molar-refractivity contribution in [1.82, 2.24) is 10.0 Å². The minimum absolute atomic E-state index is 0.0722. The van der Waals surface area contributed by atoms with Crippen LogP contribution in [-0.2, 0) is 10.0 Å². The van der Waals surface area contributed by atoms with Crippen molar-refractivity contribution in [1.29, 1.82) is 0 Å². The summed E-state index contributed by atoms with van der Waals surface area (Å²) in [6, 6.07) is 3.19. The molecule has 19 heavy (non-hydrogen) atoms. The Kier molecular flexibility index (Phi) is 5.14. The maximum atomic E-state index is 12.2. The van der Waals surface area contributed by atoms with Gasteiger partial charge in [0, 0.05) is 17.1 Å². The predicted molar refractivity (Wildman–Crippen MR) is 80.4 cm³/mol. The van der Waals surface area contributed by atoms with Crippen LogP contribution in [0.25, 0.3) is 0 Å². The Labute approximate surface area is 131 Å². The standard InChI is InChI=1S/C11H13BrCl2N2O2S/c12-7-4-9(13)11(10(14)5-7)19(17,18)16-6-8-2-1-3-15-8/h4-5,8,15-16H,1-3,6H2. The molecule has 2 N–H and O–H groups in total. The second-order valence-electron chi connectivity index (χ2n) is 4.34. The van der Waals surface area contributed by atoms with Crippen molar-refractivity contribution >= 4 is 49.2 Å². The van der Waals surface area contributed by atoms with Gasteiger partial charge in [0.15, 0.2) is 0 Å². The van der Waals surface area contributed by atoms with Crippen LogP contribution in [0.15, 0.2) is 21.5 Å². The van der Waals surface area contributed by atoms with E-state index in [1.165, 1.54) is 12.1 Å². The quantitative estimate of drug-likeness (QED) is 0.834. The van der Waals surface area contributed by atoms with E-state index in [1.807, 2.05) is 0 Å². The third-order valence-electron chi connectivity index (χ3n) is 2.91. The maximum Gasteiger partial charge on any atom is 0.243 e. The first-order valence-corrected chi connectivity index (χ1v) is 8.81. The van der Waals surface area contributed by atoms with Gasteiger partial charge in [-0.2, -0.15) is 0 Å². The lowest BCUT2D eigenvalue weighted by molar-refractivity contribution is 0.552. The summed E-state index contributed by atoms with van der Waals surface area (Å²) >= 11 is 15.1. The number of hydrogen-bond acceptors (Lipinski definition) is 3. The zero-order valence-electron chi connectivity index (χ0n) is 9.92. The number of benzene rings is 1. The van der Waals surface area contributed by atoms with E-state index in [4.69, 9.17) is 23.2 Å². The second-order valence-corrected chi connectivity index (χ2v) is 7.78. The molecule has 1 heterocycles. The zero-order chi connectivity index (χ0) is 14.0. The Morgan fingerprint density at radius 3 is 2.53 bits per heavy atom. The van der Waals surface area contributed by atoms with Gasteiger partial charge in [-0.1, -0.05) is 39.1 Å². The van der Waals surface area contributed by atoms with Crippen molar-refractivity contribution in [3.8, 4) is 0 Å². The van der Waals surface area contributed by atoms with Crippen LogP contribution in [0.4, 0.5) is 0 Å². The summed E-state index contributed by atoms with van der Waals surface area (Å²) in [4.78, 5) is -0.0722. The highest BCUT2D eigenvalue weighted by Crippen LogP contribution is 2.32. The molecule has 1 unspecified atom stereocenters. The van der Waals surface area contributed by atoms with Crippen LogP contribution in [0.1, 0.15) is 12.8 Å². The fourth-order valence-corrected chi connectivity index (χ4v) is 5.01. The van der Waals surface area contributed by atoms with Crippen LogP contribution in [0.3, 0.4) is 0 Å². The largest absolute Gasteiger partial charge is 0.313 e. The van der Waals surface area contributed by atoms with Gasteiger partial charge in [0.05, 0.1) is 10.0 Å². The van der Waals surface area contributed by atoms with Gasteiger partial charge in [0.25, 0.3) is 0 Å². The first-order valence-electron chi connectivity index (χ1n) is 5.78. The van der Waals surface area contributed by atoms with E-state index in [-0.39, 0.29) is 21.0 Å². The smallest absolute Gasteiger partial charge is 0.243 e. The summed E-state index contributed by atoms with van der Waals surface area (Å²) in [5.41, 5.74) is 0. The lowest BCUT2D eigenvalue weighted by atomic mass is 10.2. The highest BCUT2D eigenvalue weighted by Gasteiger charge is 2.24. The molecule has 0 aromatic heterocycles. The molecule has 1 aliphatic rings. The van der Waals surface area contributed by atoms with Crippen LogP contribution in [0.2, 0.25) is 10.0 Å². The number of hydrogen-bond donors (Lipinski definition) is 2. The van der Waals surface area contributed by atoms with Crippen LogP contribution in [0.5, 0.6) is 0 Å². The van der Waals surface area contributed by atoms with Crippen LogP contribution in [0, 0.1) is 0 Å². The lowest BCUT2D eigenvalue weighted by Crippen LogP contribution is -2.37. The van der Waals surface area contributed by atoms with Crippen molar-refractivity contribution in [2.24, 2.45) is 0 Å². The number of sulfonamides is 1. The molecule has 1 saturated heterocycles. The Morgan fingerprint density at radius 1 is 1.37 bits per heavy atom. The molecule has 1 aromatic rings. The molecule has 0 aliphatic carbocycles. The van der Waals surface area contributed by atoms with E-state index in [2.05, 4.69) is 26.0 Å². The van der Waals surface area contributed by atoms with Gasteiger partial charge in [0.1, 0.15) is 4.90 Å². The predicted octanol–water partition coefficient (Wildman–Crippen LogP) is 2.79. The van der Waals surface area contributed by atoms with Gasteiger partial charge in [-0.25, -0.2) is 13.1 Å². The molecule has 0 radical (unpaired) electrons. The molecular formula is C11H13BrCl2N2O2S. The Hall–Kier alpha value is 0.150. The fraction of sp³-hybridized carbons (Fsp3) is 0.455. The average molecular weight is 388 g/mol. The minimum Gasteiger partial charge on any atom is -0.313 e. The first kappa shape index (κ1) is 15.5. The number of nitrogens with one attached hydrogen (secondary N) is 2. The zero-order valence-corrected chi connectivity index (χ0v) is 13.8. The van der Waals surface area contributed by atoms with Crippen molar-refractivity contribution in [3.05, 3.63) is 26.7 Å². The second kappa shape index (κ2) is 6.28. The Balaban J connectivity index is 2.19. The lowest BCUT2D eigenvalue weighted by Gasteiger charge is -2.14. The van der Waals surface area contributed by atoms with Crippen molar-refractivity contribution in [3.63, 3.8) is 0 Å². The molecular weight excluding hydrogens is 375 g/mol. The molecule has 0 saturated carbocycles. The van der Waals surface area contributed by atoms with E-state index >= 15 is 0 Å². The molecule has 1 fully saturated rings. The van der Waals surface area contributed by atoms with Gasteiger partial charge in [-0.05, 0) is 31.5 Å². The molecule has 1 aliphatic heterocycles. The van der Waals surface area contributed by atoms with Gasteiger partial charge < -0.3 is 5.32 Å². The molecule has 0 amide bonds. The summed E-state index contributed by atoms with van der Waals surface area (Å²) in [5.74, 6) is 0. The molecule has 1 aromatic carbocycles. The maximum absolute atomic E-state index is 12.2. The Morgan fingerprint density at radius 2 is 2.00 bits per heavy atom. The van der Waals surface area contributed by atoms with E-state index in [1.54, 1.807) is 0 Å².